The first-order valence-electron chi connectivity index (χ1n) is 3.69. The SMILES string of the molecule is CS(=O)(=O)Nc1ccc(C(F)(F)F)nc1. The number of aromatic nitrogens is 1. The van der Waals surface area contributed by atoms with Crippen molar-refractivity contribution in [2.24, 2.45) is 0 Å². The van der Waals surface area contributed by atoms with Crippen LogP contribution >= 0.6 is 0 Å². The molecule has 0 aliphatic heterocycles. The lowest BCUT2D eigenvalue weighted by Crippen LogP contribution is -2.11. The van der Waals surface area contributed by atoms with E-state index in [1.165, 1.54) is 0 Å². The lowest BCUT2D eigenvalue weighted by Gasteiger charge is -2.06. The maximum atomic E-state index is 12.1. The van der Waals surface area contributed by atoms with E-state index in [1.807, 2.05) is 4.72 Å². The molecule has 0 saturated carbocycles. The molecule has 1 heterocycles. The van der Waals surface area contributed by atoms with Crippen molar-refractivity contribution in [3.05, 3.63) is 24.0 Å². The van der Waals surface area contributed by atoms with Crippen molar-refractivity contribution in [2.45, 2.75) is 6.18 Å². The van der Waals surface area contributed by atoms with Crippen molar-refractivity contribution in [2.75, 3.05) is 11.0 Å². The first-order valence-corrected chi connectivity index (χ1v) is 5.59. The van der Waals surface area contributed by atoms with Gasteiger partial charge in [0.25, 0.3) is 0 Å². The summed E-state index contributed by atoms with van der Waals surface area (Å²) in [6.45, 7) is 0. The molecule has 0 atom stereocenters. The largest absolute Gasteiger partial charge is 0.433 e. The van der Waals surface area contributed by atoms with Gasteiger partial charge < -0.3 is 0 Å². The summed E-state index contributed by atoms with van der Waals surface area (Å²) in [5, 5.41) is 0. The standard InChI is InChI=1S/C7H7F3N2O2S/c1-15(13,14)12-5-2-3-6(11-4-5)7(8,9)10/h2-4,12H,1H3. The Balaban J connectivity index is 2.91. The highest BCUT2D eigenvalue weighted by molar-refractivity contribution is 7.92. The molecule has 1 aromatic rings. The summed E-state index contributed by atoms with van der Waals surface area (Å²) in [5.41, 5.74) is -1.08. The molecular weight excluding hydrogens is 233 g/mol. The van der Waals surface area contributed by atoms with Crippen LogP contribution in [0.15, 0.2) is 18.3 Å². The predicted octanol–water partition coefficient (Wildman–Crippen LogP) is 1.47. The number of nitrogens with zero attached hydrogens (tertiary/aromatic N) is 1. The van der Waals surface area contributed by atoms with Gasteiger partial charge in [-0.1, -0.05) is 0 Å². The fourth-order valence-electron chi connectivity index (χ4n) is 0.836. The average molecular weight is 240 g/mol. The number of anilines is 1. The Morgan fingerprint density at radius 1 is 1.33 bits per heavy atom. The summed E-state index contributed by atoms with van der Waals surface area (Å²) >= 11 is 0. The molecule has 0 aliphatic carbocycles. The van der Waals surface area contributed by atoms with Gasteiger partial charge in [0.1, 0.15) is 5.69 Å². The van der Waals surface area contributed by atoms with E-state index in [4.69, 9.17) is 0 Å². The molecule has 4 nitrogen and oxygen atoms in total. The van der Waals surface area contributed by atoms with E-state index in [-0.39, 0.29) is 5.69 Å². The van der Waals surface area contributed by atoms with Crippen LogP contribution in [-0.4, -0.2) is 19.7 Å². The molecular formula is C7H7F3N2O2S. The number of hydrogen-bond acceptors (Lipinski definition) is 3. The first kappa shape index (κ1) is 11.8. The van der Waals surface area contributed by atoms with E-state index < -0.39 is 21.9 Å². The van der Waals surface area contributed by atoms with Crippen LogP contribution in [0.25, 0.3) is 0 Å². The molecule has 1 rings (SSSR count). The molecule has 1 N–H and O–H groups in total. The van der Waals surface area contributed by atoms with Crippen LogP contribution in [0.3, 0.4) is 0 Å². The smallest absolute Gasteiger partial charge is 0.282 e. The van der Waals surface area contributed by atoms with E-state index in [0.29, 0.717) is 6.07 Å². The molecule has 0 unspecified atom stereocenters. The van der Waals surface area contributed by atoms with E-state index in [0.717, 1.165) is 18.5 Å². The zero-order chi connectivity index (χ0) is 11.7. The lowest BCUT2D eigenvalue weighted by atomic mass is 10.3. The highest BCUT2D eigenvalue weighted by atomic mass is 32.2. The van der Waals surface area contributed by atoms with Crippen LogP contribution in [0.1, 0.15) is 5.69 Å². The molecule has 1 aromatic heterocycles. The van der Waals surface area contributed by atoms with Gasteiger partial charge in [-0.25, -0.2) is 13.4 Å². The van der Waals surface area contributed by atoms with Gasteiger partial charge >= 0.3 is 6.18 Å². The van der Waals surface area contributed by atoms with Crippen LogP contribution in [0.4, 0.5) is 18.9 Å². The third-order valence-electron chi connectivity index (χ3n) is 1.36. The van der Waals surface area contributed by atoms with Crippen molar-refractivity contribution in [3.63, 3.8) is 0 Å². The average Bonchev–Trinajstić information content (AvgIpc) is 2.00. The van der Waals surface area contributed by atoms with Crippen LogP contribution in [-0.2, 0) is 16.2 Å². The monoisotopic (exact) mass is 240 g/mol. The second-order valence-corrected chi connectivity index (χ2v) is 4.55. The van der Waals surface area contributed by atoms with Gasteiger partial charge in [0.2, 0.25) is 10.0 Å². The number of sulfonamides is 1. The normalized spacial score (nSPS) is 12.5. The summed E-state index contributed by atoms with van der Waals surface area (Å²) in [5.74, 6) is 0. The van der Waals surface area contributed by atoms with Gasteiger partial charge in [0.05, 0.1) is 18.1 Å². The number of alkyl halides is 3. The summed E-state index contributed by atoms with van der Waals surface area (Å²) < 4.78 is 59.6. The van der Waals surface area contributed by atoms with Crippen molar-refractivity contribution in [3.8, 4) is 0 Å². The Labute approximate surface area is 84.2 Å². The molecule has 0 amide bonds. The van der Waals surface area contributed by atoms with Crippen LogP contribution in [0.2, 0.25) is 0 Å². The van der Waals surface area contributed by atoms with Crippen molar-refractivity contribution >= 4 is 15.7 Å². The Bertz CT molecular complexity index is 438. The van der Waals surface area contributed by atoms with E-state index in [9.17, 15) is 21.6 Å². The van der Waals surface area contributed by atoms with Gasteiger partial charge in [-0.2, -0.15) is 13.2 Å². The topological polar surface area (TPSA) is 59.1 Å². The number of rotatable bonds is 2. The summed E-state index contributed by atoms with van der Waals surface area (Å²) in [6, 6.07) is 1.70. The first-order chi connectivity index (χ1) is 6.68. The maximum absolute atomic E-state index is 12.1. The van der Waals surface area contributed by atoms with E-state index in [2.05, 4.69) is 4.98 Å². The molecule has 0 spiro atoms. The molecule has 0 saturated heterocycles. The van der Waals surface area contributed by atoms with Gasteiger partial charge in [0, 0.05) is 0 Å². The molecule has 0 radical (unpaired) electrons. The van der Waals surface area contributed by atoms with Gasteiger partial charge in [-0.15, -0.1) is 0 Å². The fraction of sp³-hybridized carbons (Fsp3) is 0.286. The minimum atomic E-state index is -4.52. The molecule has 0 fully saturated rings. The Morgan fingerprint density at radius 3 is 2.27 bits per heavy atom. The lowest BCUT2D eigenvalue weighted by molar-refractivity contribution is -0.141. The minimum absolute atomic E-state index is 0.00880. The summed E-state index contributed by atoms with van der Waals surface area (Å²) in [4.78, 5) is 3.08. The molecule has 8 heteroatoms. The molecule has 0 aliphatic rings. The molecule has 15 heavy (non-hydrogen) atoms. The highest BCUT2D eigenvalue weighted by Crippen LogP contribution is 2.27. The van der Waals surface area contributed by atoms with Gasteiger partial charge in [0.15, 0.2) is 0 Å². The number of halogens is 3. The van der Waals surface area contributed by atoms with E-state index >= 15 is 0 Å². The third kappa shape index (κ3) is 3.74. The number of pyridine rings is 1. The Kier molecular flexibility index (Phi) is 2.89. The molecule has 0 aromatic carbocycles. The zero-order valence-corrected chi connectivity index (χ0v) is 8.35. The van der Waals surface area contributed by atoms with Crippen molar-refractivity contribution < 1.29 is 21.6 Å². The van der Waals surface area contributed by atoms with Crippen LogP contribution < -0.4 is 4.72 Å². The third-order valence-corrected chi connectivity index (χ3v) is 1.96. The van der Waals surface area contributed by atoms with Gasteiger partial charge in [-0.3, -0.25) is 4.72 Å². The van der Waals surface area contributed by atoms with E-state index in [1.54, 1.807) is 0 Å². The predicted molar refractivity (Wildman–Crippen MR) is 47.7 cm³/mol. The number of nitrogens with one attached hydrogen (secondary N) is 1. The second-order valence-electron chi connectivity index (χ2n) is 2.80. The van der Waals surface area contributed by atoms with Crippen LogP contribution in [0.5, 0.6) is 0 Å². The quantitative estimate of drug-likeness (QED) is 0.851. The Morgan fingerprint density at radius 2 is 1.93 bits per heavy atom. The fourth-order valence-corrected chi connectivity index (χ4v) is 1.38. The van der Waals surface area contributed by atoms with Gasteiger partial charge in [-0.05, 0) is 12.1 Å². The van der Waals surface area contributed by atoms with Crippen molar-refractivity contribution in [1.82, 2.24) is 4.98 Å². The summed E-state index contributed by atoms with van der Waals surface area (Å²) in [6.07, 6.45) is -2.82. The molecule has 84 valence electrons. The summed E-state index contributed by atoms with van der Waals surface area (Å²) in [7, 11) is -3.50. The van der Waals surface area contributed by atoms with Crippen molar-refractivity contribution in [1.29, 1.82) is 0 Å². The molecule has 0 bridgehead atoms. The van der Waals surface area contributed by atoms with Crippen LogP contribution in [0, 0.1) is 0 Å². The maximum Gasteiger partial charge on any atom is 0.433 e. The highest BCUT2D eigenvalue weighted by Gasteiger charge is 2.32. The second kappa shape index (κ2) is 3.69. The minimum Gasteiger partial charge on any atom is -0.282 e. The zero-order valence-electron chi connectivity index (χ0n) is 7.54. The Hall–Kier alpha value is -1.31. The number of hydrogen-bond donors (Lipinski definition) is 1.